The molecule has 0 spiro atoms. The van der Waals surface area contributed by atoms with E-state index in [4.69, 9.17) is 4.74 Å². The molecule has 0 heterocycles. The third-order valence-corrected chi connectivity index (χ3v) is 5.26. The molecule has 1 atom stereocenters. The van der Waals surface area contributed by atoms with Gasteiger partial charge in [0.25, 0.3) is 0 Å². The van der Waals surface area contributed by atoms with Crippen LogP contribution < -0.4 is 10.1 Å². The van der Waals surface area contributed by atoms with E-state index < -0.39 is 0 Å². The summed E-state index contributed by atoms with van der Waals surface area (Å²) in [4.78, 5) is 0. The highest BCUT2D eigenvalue weighted by Crippen LogP contribution is 2.35. The van der Waals surface area contributed by atoms with Crippen molar-refractivity contribution in [1.29, 1.82) is 0 Å². The number of ether oxygens (including phenoxy) is 1. The highest BCUT2D eigenvalue weighted by molar-refractivity contribution is 9.10. The van der Waals surface area contributed by atoms with Crippen molar-refractivity contribution in [2.24, 2.45) is 5.92 Å². The van der Waals surface area contributed by atoms with Gasteiger partial charge in [-0.1, -0.05) is 67.4 Å². The number of methoxy groups -OCH3 is 1. The highest BCUT2D eigenvalue weighted by Gasteiger charge is 2.20. The molecule has 21 heavy (non-hydrogen) atoms. The lowest BCUT2D eigenvalue weighted by Crippen LogP contribution is -2.24. The standard InChI is InChI=1S/C18H28BrNO/c1-3-20-18(12-14-8-6-4-5-7-9-14)16-11-10-15(21-2)13-17(16)19/h10-11,13-14,18,20H,3-9,12H2,1-2H3. The van der Waals surface area contributed by atoms with Crippen molar-refractivity contribution in [2.45, 2.75) is 57.9 Å². The lowest BCUT2D eigenvalue weighted by molar-refractivity contribution is 0.358. The first kappa shape index (κ1) is 16.8. The molecule has 118 valence electrons. The summed E-state index contributed by atoms with van der Waals surface area (Å²) < 4.78 is 6.46. The van der Waals surface area contributed by atoms with Crippen LogP contribution in [-0.2, 0) is 0 Å². The SMILES string of the molecule is CCNC(CC1CCCCCC1)c1ccc(OC)cc1Br. The number of nitrogens with one attached hydrogen (secondary N) is 1. The Labute approximate surface area is 137 Å². The van der Waals surface area contributed by atoms with Crippen LogP contribution in [0.1, 0.15) is 63.5 Å². The van der Waals surface area contributed by atoms with Crippen molar-refractivity contribution in [1.82, 2.24) is 5.32 Å². The smallest absolute Gasteiger partial charge is 0.120 e. The monoisotopic (exact) mass is 353 g/mol. The first-order chi connectivity index (χ1) is 10.2. The average molecular weight is 354 g/mol. The van der Waals surface area contributed by atoms with Crippen LogP contribution in [0.15, 0.2) is 22.7 Å². The van der Waals surface area contributed by atoms with Crippen LogP contribution in [0.4, 0.5) is 0 Å². The largest absolute Gasteiger partial charge is 0.497 e. The fraction of sp³-hybridized carbons (Fsp3) is 0.667. The Morgan fingerprint density at radius 3 is 2.52 bits per heavy atom. The summed E-state index contributed by atoms with van der Waals surface area (Å²) in [6, 6.07) is 6.79. The average Bonchev–Trinajstić information content (AvgIpc) is 2.75. The fourth-order valence-electron chi connectivity index (χ4n) is 3.42. The van der Waals surface area contributed by atoms with Gasteiger partial charge >= 0.3 is 0 Å². The third kappa shape index (κ3) is 5.00. The first-order valence-electron chi connectivity index (χ1n) is 8.31. The molecule has 1 aromatic carbocycles. The van der Waals surface area contributed by atoms with E-state index in [1.165, 1.54) is 50.5 Å². The maximum atomic E-state index is 5.31. The molecular weight excluding hydrogens is 326 g/mol. The van der Waals surface area contributed by atoms with Crippen LogP contribution in [0.25, 0.3) is 0 Å². The van der Waals surface area contributed by atoms with Crippen molar-refractivity contribution in [3.8, 4) is 5.75 Å². The minimum Gasteiger partial charge on any atom is -0.497 e. The second kappa shape index (κ2) is 8.79. The van der Waals surface area contributed by atoms with Crippen LogP contribution in [-0.4, -0.2) is 13.7 Å². The summed E-state index contributed by atoms with van der Waals surface area (Å²) in [6.45, 7) is 3.20. The van der Waals surface area contributed by atoms with Crippen molar-refractivity contribution < 1.29 is 4.74 Å². The molecule has 1 aliphatic rings. The van der Waals surface area contributed by atoms with E-state index in [9.17, 15) is 0 Å². The molecule has 1 saturated carbocycles. The zero-order valence-electron chi connectivity index (χ0n) is 13.3. The molecule has 0 aromatic heterocycles. The Kier molecular flexibility index (Phi) is 7.05. The molecule has 1 unspecified atom stereocenters. The van der Waals surface area contributed by atoms with Crippen molar-refractivity contribution in [3.05, 3.63) is 28.2 Å². The van der Waals surface area contributed by atoms with Crippen LogP contribution in [0.2, 0.25) is 0 Å². The van der Waals surface area contributed by atoms with Gasteiger partial charge in [0.05, 0.1) is 7.11 Å². The van der Waals surface area contributed by atoms with Gasteiger partial charge in [-0.3, -0.25) is 0 Å². The van der Waals surface area contributed by atoms with E-state index in [0.29, 0.717) is 6.04 Å². The lowest BCUT2D eigenvalue weighted by Gasteiger charge is -2.25. The number of hydrogen-bond acceptors (Lipinski definition) is 2. The summed E-state index contributed by atoms with van der Waals surface area (Å²) in [6.07, 6.45) is 9.72. The molecule has 2 rings (SSSR count). The predicted molar refractivity (Wildman–Crippen MR) is 92.9 cm³/mol. The van der Waals surface area contributed by atoms with Gasteiger partial charge in [-0.2, -0.15) is 0 Å². The minimum absolute atomic E-state index is 0.443. The predicted octanol–water partition coefficient (Wildman–Crippen LogP) is 5.47. The van der Waals surface area contributed by atoms with E-state index in [-0.39, 0.29) is 0 Å². The maximum Gasteiger partial charge on any atom is 0.120 e. The zero-order valence-corrected chi connectivity index (χ0v) is 14.9. The number of benzene rings is 1. The summed E-state index contributed by atoms with van der Waals surface area (Å²) in [5.74, 6) is 1.78. The quantitative estimate of drug-likeness (QED) is 0.684. The Morgan fingerprint density at radius 2 is 1.95 bits per heavy atom. The molecule has 1 aliphatic carbocycles. The van der Waals surface area contributed by atoms with Gasteiger partial charge in [0.2, 0.25) is 0 Å². The van der Waals surface area contributed by atoms with E-state index in [2.05, 4.69) is 46.4 Å². The molecule has 0 aliphatic heterocycles. The van der Waals surface area contributed by atoms with Crippen molar-refractivity contribution in [3.63, 3.8) is 0 Å². The summed E-state index contributed by atoms with van der Waals surface area (Å²) in [7, 11) is 1.72. The molecule has 3 heteroatoms. The molecule has 1 fully saturated rings. The molecule has 0 amide bonds. The zero-order chi connectivity index (χ0) is 15.1. The highest BCUT2D eigenvalue weighted by atomic mass is 79.9. The van der Waals surface area contributed by atoms with Crippen molar-refractivity contribution in [2.75, 3.05) is 13.7 Å². The van der Waals surface area contributed by atoms with Crippen molar-refractivity contribution >= 4 is 15.9 Å². The Bertz CT molecular complexity index is 427. The second-order valence-corrected chi connectivity index (χ2v) is 6.95. The maximum absolute atomic E-state index is 5.31. The van der Waals surface area contributed by atoms with Gasteiger partial charge in [-0.15, -0.1) is 0 Å². The van der Waals surface area contributed by atoms with E-state index >= 15 is 0 Å². The summed E-state index contributed by atoms with van der Waals surface area (Å²) >= 11 is 3.72. The van der Waals surface area contributed by atoms with Crippen LogP contribution in [0.3, 0.4) is 0 Å². The summed E-state index contributed by atoms with van der Waals surface area (Å²) in [5.41, 5.74) is 1.36. The van der Waals surface area contributed by atoms with Gasteiger partial charge in [-0.05, 0) is 36.6 Å². The van der Waals surface area contributed by atoms with E-state index in [1.807, 2.05) is 0 Å². The fourth-order valence-corrected chi connectivity index (χ4v) is 4.05. The molecule has 0 radical (unpaired) electrons. The molecule has 0 saturated heterocycles. The minimum atomic E-state index is 0.443. The number of hydrogen-bond donors (Lipinski definition) is 1. The molecule has 1 aromatic rings. The Hall–Kier alpha value is -0.540. The molecule has 1 N–H and O–H groups in total. The Balaban J connectivity index is 2.10. The van der Waals surface area contributed by atoms with E-state index in [1.54, 1.807) is 7.11 Å². The molecule has 0 bridgehead atoms. The van der Waals surface area contributed by atoms with Crippen LogP contribution in [0, 0.1) is 5.92 Å². The van der Waals surface area contributed by atoms with Gasteiger partial charge in [-0.25, -0.2) is 0 Å². The topological polar surface area (TPSA) is 21.3 Å². The van der Waals surface area contributed by atoms with Gasteiger partial charge in [0, 0.05) is 10.5 Å². The third-order valence-electron chi connectivity index (χ3n) is 4.58. The van der Waals surface area contributed by atoms with E-state index in [0.717, 1.165) is 22.7 Å². The molecular formula is C18H28BrNO. The van der Waals surface area contributed by atoms with Gasteiger partial charge < -0.3 is 10.1 Å². The Morgan fingerprint density at radius 1 is 1.24 bits per heavy atom. The van der Waals surface area contributed by atoms with Crippen LogP contribution >= 0.6 is 15.9 Å². The van der Waals surface area contributed by atoms with Crippen LogP contribution in [0.5, 0.6) is 5.75 Å². The van der Waals surface area contributed by atoms with Gasteiger partial charge in [0.1, 0.15) is 5.75 Å². The second-order valence-electron chi connectivity index (χ2n) is 6.09. The number of halogens is 1. The first-order valence-corrected chi connectivity index (χ1v) is 9.10. The lowest BCUT2D eigenvalue weighted by atomic mass is 9.89. The summed E-state index contributed by atoms with van der Waals surface area (Å²) in [5, 5.41) is 3.67. The normalized spacial score (nSPS) is 18.2. The number of rotatable bonds is 6. The van der Waals surface area contributed by atoms with Gasteiger partial charge in [0.15, 0.2) is 0 Å². The molecule has 2 nitrogen and oxygen atoms in total.